The first kappa shape index (κ1) is 21.9. The minimum atomic E-state index is -0.288. The summed E-state index contributed by atoms with van der Waals surface area (Å²) >= 11 is 3.40. The van der Waals surface area contributed by atoms with Gasteiger partial charge in [-0.3, -0.25) is 9.59 Å². The largest absolute Gasteiger partial charge is 0.486 e. The molecule has 0 atom stereocenters. The third-order valence-electron chi connectivity index (χ3n) is 5.20. The van der Waals surface area contributed by atoms with Crippen molar-refractivity contribution in [2.45, 2.75) is 13.5 Å². The molecule has 0 fully saturated rings. The molecule has 0 aromatic heterocycles. The molecule has 0 unspecified atom stereocenters. The van der Waals surface area contributed by atoms with Gasteiger partial charge in [0.15, 0.2) is 11.5 Å². The number of amides is 2. The lowest BCUT2D eigenvalue weighted by Crippen LogP contribution is -2.31. The van der Waals surface area contributed by atoms with Gasteiger partial charge in [-0.05, 0) is 53.2 Å². The van der Waals surface area contributed by atoms with Crippen LogP contribution in [0, 0.1) is 0 Å². The minimum absolute atomic E-state index is 0.176. The van der Waals surface area contributed by atoms with Gasteiger partial charge in [0.05, 0.1) is 16.8 Å². The van der Waals surface area contributed by atoms with Crippen LogP contribution in [0.3, 0.4) is 0 Å². The number of ether oxygens (including phenoxy) is 2. The Morgan fingerprint density at radius 2 is 1.66 bits per heavy atom. The monoisotopic (exact) mass is 494 g/mol. The van der Waals surface area contributed by atoms with Gasteiger partial charge in [0.25, 0.3) is 11.8 Å². The Morgan fingerprint density at radius 1 is 0.938 bits per heavy atom. The normalized spacial score (nSPS) is 12.2. The summed E-state index contributed by atoms with van der Waals surface area (Å²) in [5.41, 5.74) is 2.27. The van der Waals surface area contributed by atoms with Gasteiger partial charge in [-0.1, -0.05) is 36.4 Å². The van der Waals surface area contributed by atoms with E-state index in [1.54, 1.807) is 47.4 Å². The van der Waals surface area contributed by atoms with Crippen molar-refractivity contribution in [3.05, 3.63) is 87.9 Å². The molecular weight excluding hydrogens is 472 g/mol. The van der Waals surface area contributed by atoms with Gasteiger partial charge in [-0.2, -0.15) is 0 Å². The van der Waals surface area contributed by atoms with E-state index in [0.717, 1.165) is 5.56 Å². The fourth-order valence-electron chi connectivity index (χ4n) is 3.58. The Bertz CT molecular complexity index is 1150. The minimum Gasteiger partial charge on any atom is -0.486 e. The maximum Gasteiger partial charge on any atom is 0.256 e. The molecule has 3 aromatic rings. The number of fused-ring (bicyclic) bond motifs is 1. The molecule has 0 saturated heterocycles. The molecule has 32 heavy (non-hydrogen) atoms. The summed E-state index contributed by atoms with van der Waals surface area (Å²) in [6.45, 7) is 3.78. The summed E-state index contributed by atoms with van der Waals surface area (Å²) < 4.78 is 12.1. The van der Waals surface area contributed by atoms with Crippen molar-refractivity contribution in [3.63, 3.8) is 0 Å². The average Bonchev–Trinajstić information content (AvgIpc) is 2.82. The van der Waals surface area contributed by atoms with E-state index in [1.165, 1.54) is 0 Å². The summed E-state index contributed by atoms with van der Waals surface area (Å²) in [4.78, 5) is 28.0. The summed E-state index contributed by atoms with van der Waals surface area (Å²) in [5.74, 6) is 0.909. The van der Waals surface area contributed by atoms with Crippen molar-refractivity contribution >= 4 is 33.4 Å². The summed E-state index contributed by atoms with van der Waals surface area (Å²) in [5, 5.41) is 2.88. The van der Waals surface area contributed by atoms with Crippen molar-refractivity contribution in [3.8, 4) is 11.5 Å². The zero-order valence-electron chi connectivity index (χ0n) is 17.6. The summed E-state index contributed by atoms with van der Waals surface area (Å²) in [6.07, 6.45) is 0. The van der Waals surface area contributed by atoms with Crippen molar-refractivity contribution in [1.82, 2.24) is 4.90 Å². The molecule has 1 heterocycles. The van der Waals surface area contributed by atoms with Crippen LogP contribution < -0.4 is 14.8 Å². The number of nitrogens with one attached hydrogen (secondary N) is 1. The molecule has 0 saturated carbocycles. The van der Waals surface area contributed by atoms with Gasteiger partial charge in [0.2, 0.25) is 0 Å². The number of anilines is 1. The first-order valence-corrected chi connectivity index (χ1v) is 11.2. The van der Waals surface area contributed by atoms with E-state index in [9.17, 15) is 9.59 Å². The predicted octanol–water partition coefficient (Wildman–Crippen LogP) is 5.13. The lowest BCUT2D eigenvalue weighted by Gasteiger charge is -2.26. The van der Waals surface area contributed by atoms with Crippen LogP contribution in [-0.4, -0.2) is 36.5 Å². The second kappa shape index (κ2) is 9.87. The van der Waals surface area contributed by atoms with Gasteiger partial charge in [0.1, 0.15) is 13.2 Å². The highest BCUT2D eigenvalue weighted by Crippen LogP contribution is 2.34. The lowest BCUT2D eigenvalue weighted by atomic mass is 10.1. The zero-order chi connectivity index (χ0) is 22.5. The number of nitrogens with zero attached hydrogens (tertiary/aromatic N) is 1. The van der Waals surface area contributed by atoms with E-state index >= 15 is 0 Å². The number of para-hydroxylation sites is 2. The van der Waals surface area contributed by atoms with Crippen LogP contribution in [0.15, 0.2) is 71.2 Å². The van der Waals surface area contributed by atoms with Crippen LogP contribution in [0.1, 0.15) is 33.2 Å². The van der Waals surface area contributed by atoms with Crippen LogP contribution in [0.4, 0.5) is 5.69 Å². The Morgan fingerprint density at radius 3 is 2.44 bits per heavy atom. The molecule has 164 valence electrons. The summed E-state index contributed by atoms with van der Waals surface area (Å²) in [7, 11) is 0. The van der Waals surface area contributed by atoms with Gasteiger partial charge < -0.3 is 19.7 Å². The molecule has 1 aliphatic heterocycles. The quantitative estimate of drug-likeness (QED) is 0.515. The maximum atomic E-state index is 13.4. The maximum absolute atomic E-state index is 13.4. The first-order chi connectivity index (χ1) is 15.6. The second-order valence-electron chi connectivity index (χ2n) is 7.24. The number of hydrogen-bond donors (Lipinski definition) is 1. The van der Waals surface area contributed by atoms with Crippen LogP contribution in [0.5, 0.6) is 11.5 Å². The molecule has 3 aromatic carbocycles. The fraction of sp³-hybridized carbons (Fsp3) is 0.200. The van der Waals surface area contributed by atoms with Crippen molar-refractivity contribution in [2.24, 2.45) is 0 Å². The first-order valence-electron chi connectivity index (χ1n) is 10.4. The van der Waals surface area contributed by atoms with E-state index in [4.69, 9.17) is 9.47 Å². The Balaban J connectivity index is 1.58. The van der Waals surface area contributed by atoms with Crippen molar-refractivity contribution in [2.75, 3.05) is 25.1 Å². The van der Waals surface area contributed by atoms with Gasteiger partial charge in [-0.15, -0.1) is 0 Å². The summed E-state index contributed by atoms with van der Waals surface area (Å²) in [6, 6.07) is 19.9. The molecule has 1 N–H and O–H groups in total. The lowest BCUT2D eigenvalue weighted by molar-refractivity contribution is 0.0750. The molecule has 2 amide bonds. The number of carbonyl (C=O) groups is 2. The molecule has 4 rings (SSSR count). The van der Waals surface area contributed by atoms with Crippen LogP contribution in [0.25, 0.3) is 0 Å². The molecule has 1 aliphatic rings. The molecule has 6 nitrogen and oxygen atoms in total. The molecular formula is C25H23BrN2O4. The smallest absolute Gasteiger partial charge is 0.256 e. The van der Waals surface area contributed by atoms with Crippen molar-refractivity contribution < 1.29 is 19.1 Å². The number of rotatable bonds is 6. The Hall–Kier alpha value is -3.32. The third kappa shape index (κ3) is 4.62. The predicted molar refractivity (Wildman–Crippen MR) is 126 cm³/mol. The number of benzene rings is 3. The van der Waals surface area contributed by atoms with E-state index < -0.39 is 0 Å². The topological polar surface area (TPSA) is 67.9 Å². The average molecular weight is 495 g/mol. The van der Waals surface area contributed by atoms with Gasteiger partial charge in [0, 0.05) is 23.1 Å². The SMILES string of the molecule is CCN(Cc1cccc2c1OCCO2)C(=O)c1ccccc1NC(=O)c1ccccc1Br. The molecule has 0 aliphatic carbocycles. The standard InChI is InChI=1S/C25H23BrN2O4/c1-2-28(16-17-8-7-13-22-23(17)32-15-14-31-22)25(30)19-10-4-6-12-21(19)27-24(29)18-9-3-5-11-20(18)26/h3-13H,2,14-16H2,1H3,(H,27,29). The van der Waals surface area contributed by atoms with E-state index in [2.05, 4.69) is 21.2 Å². The number of hydrogen-bond acceptors (Lipinski definition) is 4. The Kier molecular flexibility index (Phi) is 6.75. The molecule has 0 radical (unpaired) electrons. The van der Waals surface area contributed by atoms with Gasteiger partial charge >= 0.3 is 0 Å². The highest BCUT2D eigenvalue weighted by Gasteiger charge is 2.23. The highest BCUT2D eigenvalue weighted by atomic mass is 79.9. The molecule has 0 bridgehead atoms. The van der Waals surface area contributed by atoms with Gasteiger partial charge in [-0.25, -0.2) is 0 Å². The molecule has 7 heteroatoms. The Labute approximate surface area is 195 Å². The molecule has 0 spiro atoms. The second-order valence-corrected chi connectivity index (χ2v) is 8.09. The third-order valence-corrected chi connectivity index (χ3v) is 5.89. The highest BCUT2D eigenvalue weighted by molar-refractivity contribution is 9.10. The van der Waals surface area contributed by atoms with Crippen molar-refractivity contribution in [1.29, 1.82) is 0 Å². The fourth-order valence-corrected chi connectivity index (χ4v) is 4.04. The van der Waals surface area contributed by atoms with E-state index in [1.807, 2.05) is 31.2 Å². The van der Waals surface area contributed by atoms with Crippen LogP contribution >= 0.6 is 15.9 Å². The zero-order valence-corrected chi connectivity index (χ0v) is 19.2. The van der Waals surface area contributed by atoms with Crippen LogP contribution in [-0.2, 0) is 6.54 Å². The number of carbonyl (C=O) groups excluding carboxylic acids is 2. The van der Waals surface area contributed by atoms with E-state index in [0.29, 0.717) is 59.1 Å². The van der Waals surface area contributed by atoms with Crippen LogP contribution in [0.2, 0.25) is 0 Å². The number of halogens is 1. The van der Waals surface area contributed by atoms with E-state index in [-0.39, 0.29) is 11.8 Å².